The average molecular weight is 287 g/mol. The van der Waals surface area contributed by atoms with E-state index in [4.69, 9.17) is 5.11 Å². The highest BCUT2D eigenvalue weighted by molar-refractivity contribution is 6.78. The van der Waals surface area contributed by atoms with Crippen LogP contribution in [0, 0.1) is 0 Å². The van der Waals surface area contributed by atoms with E-state index in [0.717, 1.165) is 18.4 Å². The van der Waals surface area contributed by atoms with Gasteiger partial charge in [-0.05, 0) is 6.42 Å². The monoisotopic (exact) mass is 286 g/mol. The second kappa shape index (κ2) is 10.5. The quantitative estimate of drug-likeness (QED) is 0.369. The summed E-state index contributed by atoms with van der Waals surface area (Å²) in [5.41, 5.74) is 0.904. The van der Waals surface area contributed by atoms with Crippen LogP contribution in [0.1, 0.15) is 71.6 Å². The minimum Gasteiger partial charge on any atom is -0.481 e. The van der Waals surface area contributed by atoms with Crippen LogP contribution in [-0.4, -0.2) is 19.1 Å². The van der Waals surface area contributed by atoms with Crippen LogP contribution in [0.4, 0.5) is 0 Å². The summed E-state index contributed by atoms with van der Waals surface area (Å²) < 4.78 is 0. The van der Waals surface area contributed by atoms with E-state index in [9.17, 15) is 4.79 Å². The van der Waals surface area contributed by atoms with Crippen LogP contribution in [0.2, 0.25) is 24.7 Å². The molecule has 0 saturated carbocycles. The Morgan fingerprint density at radius 3 is 1.74 bits per heavy atom. The maximum atomic E-state index is 10.3. The van der Waals surface area contributed by atoms with Crippen molar-refractivity contribution in [3.05, 3.63) is 0 Å². The van der Waals surface area contributed by atoms with Gasteiger partial charge in [0.2, 0.25) is 0 Å². The van der Waals surface area contributed by atoms with E-state index in [2.05, 4.69) is 26.9 Å². The lowest BCUT2D eigenvalue weighted by molar-refractivity contribution is -0.137. The second-order valence-corrected chi connectivity index (χ2v) is 12.5. The van der Waals surface area contributed by atoms with Crippen molar-refractivity contribution in [2.45, 2.75) is 96.3 Å². The van der Waals surface area contributed by atoms with Gasteiger partial charge in [0.15, 0.2) is 0 Å². The predicted octanol–water partition coefficient (Wildman–Crippen LogP) is 5.70. The first-order valence-electron chi connectivity index (χ1n) is 8.08. The Labute approximate surface area is 121 Å². The first-order chi connectivity index (χ1) is 8.86. The van der Waals surface area contributed by atoms with Crippen LogP contribution >= 0.6 is 0 Å². The molecule has 0 aliphatic heterocycles. The highest BCUT2D eigenvalue weighted by Crippen LogP contribution is 2.27. The summed E-state index contributed by atoms with van der Waals surface area (Å²) in [5.74, 6) is -0.656. The zero-order chi connectivity index (χ0) is 14.7. The van der Waals surface area contributed by atoms with E-state index in [1.807, 2.05) is 0 Å². The molecule has 2 nitrogen and oxygen atoms in total. The smallest absolute Gasteiger partial charge is 0.303 e. The molecule has 0 aromatic carbocycles. The van der Waals surface area contributed by atoms with Crippen LogP contribution in [-0.2, 0) is 4.79 Å². The largest absolute Gasteiger partial charge is 0.481 e. The van der Waals surface area contributed by atoms with E-state index in [1.54, 1.807) is 0 Å². The number of carboxylic acid groups (broad SMARTS) is 1. The normalized spacial score (nSPS) is 12.1. The Morgan fingerprint density at radius 1 is 0.895 bits per heavy atom. The zero-order valence-corrected chi connectivity index (χ0v) is 14.5. The number of aliphatic carboxylic acids is 1. The standard InChI is InChI=1S/C16H34O2Si/c1-15(2)19(3,4)14-12-10-8-6-5-7-9-11-13-16(17)18/h15H,5-14H2,1-4H3,(H,17,18). The Bertz CT molecular complexity index is 237. The molecule has 0 heterocycles. The van der Waals surface area contributed by atoms with Crippen molar-refractivity contribution in [1.82, 2.24) is 0 Å². The Balaban J connectivity index is 3.26. The highest BCUT2D eigenvalue weighted by Gasteiger charge is 2.23. The fourth-order valence-electron chi connectivity index (χ4n) is 2.21. The third-order valence-corrected chi connectivity index (χ3v) is 9.29. The lowest BCUT2D eigenvalue weighted by Gasteiger charge is -2.26. The molecule has 0 aromatic rings. The number of carbonyl (C=O) groups is 1. The van der Waals surface area contributed by atoms with E-state index in [0.29, 0.717) is 6.42 Å². The Hall–Kier alpha value is -0.313. The molecule has 3 heteroatoms. The second-order valence-electron chi connectivity index (χ2n) is 6.87. The van der Waals surface area contributed by atoms with Gasteiger partial charge in [-0.15, -0.1) is 0 Å². The van der Waals surface area contributed by atoms with Gasteiger partial charge in [-0.25, -0.2) is 0 Å². The molecule has 0 aliphatic carbocycles. The maximum absolute atomic E-state index is 10.3. The molecular weight excluding hydrogens is 252 g/mol. The number of hydrogen-bond donors (Lipinski definition) is 1. The van der Waals surface area contributed by atoms with Gasteiger partial charge < -0.3 is 5.11 Å². The molecule has 0 unspecified atom stereocenters. The molecule has 0 fully saturated rings. The lowest BCUT2D eigenvalue weighted by Crippen LogP contribution is -2.28. The molecule has 0 amide bonds. The van der Waals surface area contributed by atoms with Gasteiger partial charge in [-0.3, -0.25) is 4.79 Å². The van der Waals surface area contributed by atoms with E-state index < -0.39 is 14.0 Å². The van der Waals surface area contributed by atoms with Crippen molar-refractivity contribution in [2.24, 2.45) is 0 Å². The predicted molar refractivity (Wildman–Crippen MR) is 86.6 cm³/mol. The molecule has 114 valence electrons. The van der Waals surface area contributed by atoms with Crippen LogP contribution in [0.3, 0.4) is 0 Å². The van der Waals surface area contributed by atoms with Gasteiger partial charge >= 0.3 is 5.97 Å². The van der Waals surface area contributed by atoms with Crippen molar-refractivity contribution < 1.29 is 9.90 Å². The van der Waals surface area contributed by atoms with E-state index in [-0.39, 0.29) is 0 Å². The summed E-state index contributed by atoms with van der Waals surface area (Å²) in [6.45, 7) is 9.78. The Kier molecular flexibility index (Phi) is 10.3. The summed E-state index contributed by atoms with van der Waals surface area (Å²) in [7, 11) is -0.933. The first-order valence-corrected chi connectivity index (χ1v) is 11.4. The van der Waals surface area contributed by atoms with Crippen molar-refractivity contribution in [2.75, 3.05) is 0 Å². The minimum atomic E-state index is -0.933. The van der Waals surface area contributed by atoms with Gasteiger partial charge in [0, 0.05) is 14.5 Å². The average Bonchev–Trinajstić information content (AvgIpc) is 2.30. The van der Waals surface area contributed by atoms with Crippen LogP contribution in [0.15, 0.2) is 0 Å². The molecular formula is C16H34O2Si. The topological polar surface area (TPSA) is 37.3 Å². The zero-order valence-electron chi connectivity index (χ0n) is 13.5. The molecule has 0 spiro atoms. The molecule has 0 rings (SSSR count). The Morgan fingerprint density at radius 2 is 1.32 bits per heavy atom. The summed E-state index contributed by atoms with van der Waals surface area (Å²) in [5, 5.41) is 8.52. The van der Waals surface area contributed by atoms with Gasteiger partial charge in [0.25, 0.3) is 0 Å². The molecule has 1 N–H and O–H groups in total. The van der Waals surface area contributed by atoms with Crippen LogP contribution < -0.4 is 0 Å². The van der Waals surface area contributed by atoms with Gasteiger partial charge in [-0.2, -0.15) is 0 Å². The summed E-state index contributed by atoms with van der Waals surface area (Å²) in [4.78, 5) is 10.3. The highest BCUT2D eigenvalue weighted by atomic mass is 28.3. The molecule has 0 saturated heterocycles. The number of hydrogen-bond acceptors (Lipinski definition) is 1. The maximum Gasteiger partial charge on any atom is 0.303 e. The van der Waals surface area contributed by atoms with Crippen molar-refractivity contribution >= 4 is 14.0 Å². The lowest BCUT2D eigenvalue weighted by atomic mass is 10.1. The number of rotatable bonds is 12. The summed E-state index contributed by atoms with van der Waals surface area (Å²) in [6.07, 6.45) is 10.3. The van der Waals surface area contributed by atoms with Gasteiger partial charge in [-0.1, -0.05) is 83.5 Å². The van der Waals surface area contributed by atoms with Crippen molar-refractivity contribution in [3.63, 3.8) is 0 Å². The molecule has 0 aromatic heterocycles. The third-order valence-electron chi connectivity index (χ3n) is 4.52. The molecule has 19 heavy (non-hydrogen) atoms. The van der Waals surface area contributed by atoms with Crippen LogP contribution in [0.25, 0.3) is 0 Å². The number of unbranched alkanes of at least 4 members (excludes halogenated alkanes) is 7. The third kappa shape index (κ3) is 11.2. The van der Waals surface area contributed by atoms with Crippen molar-refractivity contribution in [3.8, 4) is 0 Å². The van der Waals surface area contributed by atoms with E-state index >= 15 is 0 Å². The molecule has 0 aliphatic rings. The fourth-order valence-corrected chi connectivity index (χ4v) is 3.94. The van der Waals surface area contributed by atoms with E-state index in [1.165, 1.54) is 44.6 Å². The van der Waals surface area contributed by atoms with Crippen molar-refractivity contribution in [1.29, 1.82) is 0 Å². The SMILES string of the molecule is CC(C)[Si](C)(C)CCCCCCCCCCC(=O)O. The summed E-state index contributed by atoms with van der Waals surface area (Å²) in [6, 6.07) is 1.48. The fraction of sp³-hybridized carbons (Fsp3) is 0.938. The molecule has 0 atom stereocenters. The first kappa shape index (κ1) is 18.7. The molecule has 0 radical (unpaired) electrons. The number of carboxylic acids is 1. The van der Waals surface area contributed by atoms with Gasteiger partial charge in [0.05, 0.1) is 0 Å². The summed E-state index contributed by atoms with van der Waals surface area (Å²) >= 11 is 0. The van der Waals surface area contributed by atoms with Crippen LogP contribution in [0.5, 0.6) is 0 Å². The molecule has 0 bridgehead atoms. The minimum absolute atomic E-state index is 0.342. The van der Waals surface area contributed by atoms with Gasteiger partial charge in [0.1, 0.15) is 0 Å².